The zero-order chi connectivity index (χ0) is 26.5. The number of nitrogens with zero attached hydrogens (tertiary/aromatic N) is 2. The Morgan fingerprint density at radius 2 is 1.74 bits per heavy atom. The number of ketones is 1. The number of halogens is 1. The maximum absolute atomic E-state index is 13.2. The van der Waals surface area contributed by atoms with Crippen LogP contribution in [0.1, 0.15) is 72.6 Å². The minimum absolute atomic E-state index is 0.0332. The van der Waals surface area contributed by atoms with Gasteiger partial charge in [0.25, 0.3) is 5.91 Å². The van der Waals surface area contributed by atoms with Crippen molar-refractivity contribution >= 4 is 17.4 Å². The Balaban J connectivity index is 1.01. The summed E-state index contributed by atoms with van der Waals surface area (Å²) in [5, 5.41) is 4.99. The van der Waals surface area contributed by atoms with Gasteiger partial charge in [-0.25, -0.2) is 9.40 Å². The van der Waals surface area contributed by atoms with Gasteiger partial charge in [0.15, 0.2) is 5.78 Å². The molecule has 2 aliphatic heterocycles. The van der Waals surface area contributed by atoms with E-state index >= 15 is 0 Å². The lowest BCUT2D eigenvalue weighted by atomic mass is 9.83. The largest absolute Gasteiger partial charge is 0.392 e. The Kier molecular flexibility index (Phi) is 8.39. The van der Waals surface area contributed by atoms with E-state index in [-0.39, 0.29) is 29.5 Å². The van der Waals surface area contributed by atoms with Crippen molar-refractivity contribution in [1.82, 2.24) is 15.8 Å². The van der Waals surface area contributed by atoms with Gasteiger partial charge in [-0.05, 0) is 120 Å². The van der Waals surface area contributed by atoms with Crippen LogP contribution in [0.2, 0.25) is 0 Å². The second-order valence-corrected chi connectivity index (χ2v) is 10.8. The highest BCUT2D eigenvalue weighted by molar-refractivity contribution is 5.98. The number of hydrogen-bond donors (Lipinski definition) is 2. The van der Waals surface area contributed by atoms with Crippen molar-refractivity contribution in [3.8, 4) is 0 Å². The van der Waals surface area contributed by atoms with E-state index in [9.17, 15) is 14.0 Å². The van der Waals surface area contributed by atoms with E-state index in [2.05, 4.69) is 15.8 Å². The molecular formula is C30H37FN4O3. The van der Waals surface area contributed by atoms with Crippen LogP contribution in [-0.4, -0.2) is 42.3 Å². The quantitative estimate of drug-likeness (QED) is 0.465. The SMILES string of the molecule is CC1=CN(c2cccc(C(=O)NC3CCC(CCN4CCC(C(=O)c5ccc(F)cc5)CC4)CC3)c2)NO1. The first kappa shape index (κ1) is 26.4. The Labute approximate surface area is 223 Å². The first-order valence-corrected chi connectivity index (χ1v) is 13.8. The van der Waals surface area contributed by atoms with Gasteiger partial charge in [0.2, 0.25) is 0 Å². The lowest BCUT2D eigenvalue weighted by Crippen LogP contribution is -2.39. The summed E-state index contributed by atoms with van der Waals surface area (Å²) in [6.07, 6.45) is 9.01. The Bertz CT molecular complexity index is 1150. The molecule has 2 aromatic rings. The first-order chi connectivity index (χ1) is 18.4. The predicted molar refractivity (Wildman–Crippen MR) is 145 cm³/mol. The van der Waals surface area contributed by atoms with Gasteiger partial charge in [0, 0.05) is 23.1 Å². The lowest BCUT2D eigenvalue weighted by molar-refractivity contribution is 0.0832. The fourth-order valence-electron chi connectivity index (χ4n) is 5.78. The monoisotopic (exact) mass is 520 g/mol. The minimum Gasteiger partial charge on any atom is -0.392 e. The summed E-state index contributed by atoms with van der Waals surface area (Å²) in [4.78, 5) is 33.4. The van der Waals surface area contributed by atoms with Crippen LogP contribution in [0.15, 0.2) is 60.5 Å². The highest BCUT2D eigenvalue weighted by atomic mass is 19.1. The standard InChI is InChI=1S/C30H37FN4O3/c1-21-20-35(33-38-21)28-4-2-3-25(19-28)30(37)32-27-11-5-22(6-12-27)13-16-34-17-14-24(15-18-34)29(36)23-7-9-26(31)10-8-23/h2-4,7-10,19-20,22,24,27,33H,5-6,11-18H2,1H3,(H,32,37). The number of hydrazine groups is 1. The minimum atomic E-state index is -0.308. The number of carbonyl (C=O) groups is 2. The fraction of sp³-hybridized carbons (Fsp3) is 0.467. The number of rotatable bonds is 8. The van der Waals surface area contributed by atoms with Gasteiger partial charge in [0.05, 0.1) is 11.9 Å². The number of amides is 1. The smallest absolute Gasteiger partial charge is 0.251 e. The molecule has 2 aromatic carbocycles. The molecule has 0 bridgehead atoms. The second kappa shape index (κ2) is 12.1. The molecule has 1 saturated heterocycles. The summed E-state index contributed by atoms with van der Waals surface area (Å²) >= 11 is 0. The van der Waals surface area contributed by atoms with Gasteiger partial charge in [-0.1, -0.05) is 11.7 Å². The number of benzene rings is 2. The van der Waals surface area contributed by atoms with Crippen molar-refractivity contribution in [3.63, 3.8) is 0 Å². The first-order valence-electron chi connectivity index (χ1n) is 13.8. The van der Waals surface area contributed by atoms with Gasteiger partial charge in [-0.15, -0.1) is 0 Å². The van der Waals surface area contributed by atoms with Gasteiger partial charge in [0.1, 0.15) is 11.6 Å². The molecule has 1 aliphatic carbocycles. The molecule has 2 fully saturated rings. The molecule has 2 N–H and O–H groups in total. The molecule has 7 nitrogen and oxygen atoms in total. The number of Topliss-reactive ketones (excluding diaryl/α,β-unsaturated/α-hetero) is 1. The molecule has 3 aliphatic rings. The lowest BCUT2D eigenvalue weighted by Gasteiger charge is -2.34. The van der Waals surface area contributed by atoms with Crippen molar-refractivity contribution < 1.29 is 18.8 Å². The van der Waals surface area contributed by atoms with Crippen LogP contribution < -0.4 is 15.9 Å². The average molecular weight is 521 g/mol. The van der Waals surface area contributed by atoms with E-state index in [4.69, 9.17) is 4.84 Å². The normalized spacial score (nSPS) is 22.6. The zero-order valence-electron chi connectivity index (χ0n) is 22.0. The highest BCUT2D eigenvalue weighted by Crippen LogP contribution is 2.29. The molecule has 0 radical (unpaired) electrons. The van der Waals surface area contributed by atoms with Gasteiger partial charge >= 0.3 is 0 Å². The maximum Gasteiger partial charge on any atom is 0.251 e. The van der Waals surface area contributed by atoms with Crippen molar-refractivity contribution in [2.24, 2.45) is 11.8 Å². The number of nitrogens with one attached hydrogen (secondary N) is 2. The molecule has 5 rings (SSSR count). The molecule has 1 amide bonds. The number of anilines is 1. The van der Waals surface area contributed by atoms with Crippen molar-refractivity contribution in [3.05, 3.63) is 77.4 Å². The maximum atomic E-state index is 13.2. The predicted octanol–water partition coefficient (Wildman–Crippen LogP) is 5.22. The van der Waals surface area contributed by atoms with E-state index in [0.29, 0.717) is 17.0 Å². The van der Waals surface area contributed by atoms with Gasteiger partial charge in [-0.2, -0.15) is 0 Å². The van der Waals surface area contributed by atoms with E-state index in [1.54, 1.807) is 17.1 Å². The number of likely N-dealkylation sites (tertiary alicyclic amines) is 1. The van der Waals surface area contributed by atoms with Crippen molar-refractivity contribution in [2.45, 2.75) is 57.9 Å². The van der Waals surface area contributed by atoms with Crippen LogP contribution in [0.3, 0.4) is 0 Å². The average Bonchev–Trinajstić information content (AvgIpc) is 3.39. The van der Waals surface area contributed by atoms with Crippen molar-refractivity contribution in [2.75, 3.05) is 24.6 Å². The van der Waals surface area contributed by atoms with E-state index in [0.717, 1.165) is 76.0 Å². The molecule has 0 unspecified atom stereocenters. The molecule has 2 heterocycles. The molecular weight excluding hydrogens is 483 g/mol. The highest BCUT2D eigenvalue weighted by Gasteiger charge is 2.27. The molecule has 0 aromatic heterocycles. The van der Waals surface area contributed by atoms with E-state index in [1.165, 1.54) is 12.1 Å². The summed E-state index contributed by atoms with van der Waals surface area (Å²) in [6, 6.07) is 13.6. The van der Waals surface area contributed by atoms with Crippen molar-refractivity contribution in [1.29, 1.82) is 0 Å². The third kappa shape index (κ3) is 6.60. The Morgan fingerprint density at radius 1 is 1.00 bits per heavy atom. The van der Waals surface area contributed by atoms with E-state index in [1.807, 2.05) is 37.4 Å². The van der Waals surface area contributed by atoms with Crippen LogP contribution in [0.5, 0.6) is 0 Å². The molecule has 38 heavy (non-hydrogen) atoms. The molecule has 0 spiro atoms. The van der Waals surface area contributed by atoms with Crippen LogP contribution in [0, 0.1) is 17.7 Å². The fourth-order valence-corrected chi connectivity index (χ4v) is 5.78. The number of carbonyl (C=O) groups excluding carboxylic acids is 2. The number of piperidine rings is 1. The van der Waals surface area contributed by atoms with Gasteiger partial charge in [-0.3, -0.25) is 9.59 Å². The second-order valence-electron chi connectivity index (χ2n) is 10.8. The Hall–Kier alpha value is -3.23. The zero-order valence-corrected chi connectivity index (χ0v) is 22.0. The third-order valence-corrected chi connectivity index (χ3v) is 8.13. The number of allylic oxidation sites excluding steroid dienone is 1. The Morgan fingerprint density at radius 3 is 2.42 bits per heavy atom. The van der Waals surface area contributed by atoms with E-state index < -0.39 is 0 Å². The van der Waals surface area contributed by atoms with Crippen LogP contribution in [0.25, 0.3) is 0 Å². The summed E-state index contributed by atoms with van der Waals surface area (Å²) in [5.74, 6) is 1.29. The van der Waals surface area contributed by atoms with Gasteiger partial charge < -0.3 is 15.1 Å². The summed E-state index contributed by atoms with van der Waals surface area (Å²) in [6.45, 7) is 4.81. The van der Waals surface area contributed by atoms with Crippen LogP contribution >= 0.6 is 0 Å². The summed E-state index contributed by atoms with van der Waals surface area (Å²) in [7, 11) is 0. The summed E-state index contributed by atoms with van der Waals surface area (Å²) < 4.78 is 13.2. The molecule has 8 heteroatoms. The summed E-state index contributed by atoms with van der Waals surface area (Å²) in [5.41, 5.74) is 4.92. The third-order valence-electron chi connectivity index (χ3n) is 8.13. The molecule has 1 saturated carbocycles. The molecule has 0 atom stereocenters. The molecule has 202 valence electrons. The topological polar surface area (TPSA) is 73.9 Å². The van der Waals surface area contributed by atoms with Crippen LogP contribution in [-0.2, 0) is 4.84 Å². The van der Waals surface area contributed by atoms with Crippen LogP contribution in [0.4, 0.5) is 10.1 Å². The number of hydrogen-bond acceptors (Lipinski definition) is 6.